The SMILES string of the molecule is N=C(N)N(/N=C\c1c[nH]c2ccccc12)c1ccccc1. The fourth-order valence-electron chi connectivity index (χ4n) is 2.16. The minimum Gasteiger partial charge on any atom is -0.368 e. The molecule has 0 bridgehead atoms. The maximum atomic E-state index is 7.66. The predicted molar refractivity (Wildman–Crippen MR) is 86.7 cm³/mol. The van der Waals surface area contributed by atoms with Crippen LogP contribution >= 0.6 is 0 Å². The van der Waals surface area contributed by atoms with Crippen LogP contribution in [0.5, 0.6) is 0 Å². The van der Waals surface area contributed by atoms with Crippen LogP contribution in [0.4, 0.5) is 5.69 Å². The van der Waals surface area contributed by atoms with Crippen molar-refractivity contribution in [2.45, 2.75) is 0 Å². The highest BCUT2D eigenvalue weighted by atomic mass is 15.5. The molecule has 0 aliphatic rings. The lowest BCUT2D eigenvalue weighted by Gasteiger charge is -2.16. The Kier molecular flexibility index (Phi) is 3.39. The molecule has 0 unspecified atom stereocenters. The van der Waals surface area contributed by atoms with Crippen molar-refractivity contribution >= 4 is 28.8 Å². The van der Waals surface area contributed by atoms with Crippen molar-refractivity contribution in [1.82, 2.24) is 4.98 Å². The first kappa shape index (κ1) is 12.9. The Morgan fingerprint density at radius 2 is 1.81 bits per heavy atom. The summed E-state index contributed by atoms with van der Waals surface area (Å²) >= 11 is 0. The monoisotopic (exact) mass is 277 g/mol. The third-order valence-corrected chi connectivity index (χ3v) is 3.16. The second kappa shape index (κ2) is 5.50. The number of nitrogens with one attached hydrogen (secondary N) is 2. The molecule has 1 aromatic heterocycles. The highest BCUT2D eigenvalue weighted by Gasteiger charge is 2.07. The van der Waals surface area contributed by atoms with E-state index in [0.717, 1.165) is 22.2 Å². The van der Waals surface area contributed by atoms with Crippen LogP contribution in [0.25, 0.3) is 10.9 Å². The predicted octanol–water partition coefficient (Wildman–Crippen LogP) is 2.90. The molecule has 0 radical (unpaired) electrons. The molecule has 0 fully saturated rings. The van der Waals surface area contributed by atoms with Gasteiger partial charge in [-0.2, -0.15) is 5.10 Å². The number of rotatable bonds is 3. The molecular formula is C16H15N5. The van der Waals surface area contributed by atoms with E-state index in [1.165, 1.54) is 5.01 Å². The van der Waals surface area contributed by atoms with Crippen molar-refractivity contribution in [3.05, 3.63) is 66.4 Å². The summed E-state index contributed by atoms with van der Waals surface area (Å²) in [7, 11) is 0. The van der Waals surface area contributed by atoms with Crippen LogP contribution in [0, 0.1) is 5.41 Å². The van der Waals surface area contributed by atoms with Gasteiger partial charge in [0.25, 0.3) is 0 Å². The van der Waals surface area contributed by atoms with Gasteiger partial charge in [-0.05, 0) is 18.2 Å². The Morgan fingerprint density at radius 1 is 1.10 bits per heavy atom. The zero-order chi connectivity index (χ0) is 14.7. The Balaban J connectivity index is 1.94. The molecule has 0 saturated heterocycles. The van der Waals surface area contributed by atoms with Crippen molar-refractivity contribution in [1.29, 1.82) is 5.41 Å². The van der Waals surface area contributed by atoms with Gasteiger partial charge in [-0.15, -0.1) is 0 Å². The van der Waals surface area contributed by atoms with Gasteiger partial charge in [-0.25, -0.2) is 5.01 Å². The van der Waals surface area contributed by atoms with E-state index in [4.69, 9.17) is 11.1 Å². The van der Waals surface area contributed by atoms with Crippen molar-refractivity contribution in [3.63, 3.8) is 0 Å². The molecule has 4 N–H and O–H groups in total. The summed E-state index contributed by atoms with van der Waals surface area (Å²) in [5, 5.41) is 14.5. The first-order valence-corrected chi connectivity index (χ1v) is 6.55. The zero-order valence-corrected chi connectivity index (χ0v) is 11.3. The molecule has 5 nitrogen and oxygen atoms in total. The van der Waals surface area contributed by atoms with Crippen molar-refractivity contribution < 1.29 is 0 Å². The van der Waals surface area contributed by atoms with Gasteiger partial charge >= 0.3 is 0 Å². The number of para-hydroxylation sites is 2. The number of hydrazone groups is 1. The zero-order valence-electron chi connectivity index (χ0n) is 11.3. The number of hydrogen-bond donors (Lipinski definition) is 3. The average molecular weight is 277 g/mol. The molecule has 0 aliphatic heterocycles. The van der Waals surface area contributed by atoms with Crippen molar-refractivity contribution in [2.24, 2.45) is 10.8 Å². The molecule has 0 saturated carbocycles. The Hall–Kier alpha value is -3.08. The number of anilines is 1. The van der Waals surface area contributed by atoms with Gasteiger partial charge in [-0.1, -0.05) is 36.4 Å². The van der Waals surface area contributed by atoms with Gasteiger partial charge in [0.05, 0.1) is 11.9 Å². The Labute approximate surface area is 122 Å². The number of nitrogens with zero attached hydrogens (tertiary/aromatic N) is 2. The van der Waals surface area contributed by atoms with Gasteiger partial charge in [-0.3, -0.25) is 5.41 Å². The third-order valence-electron chi connectivity index (χ3n) is 3.16. The number of aromatic nitrogens is 1. The summed E-state index contributed by atoms with van der Waals surface area (Å²) in [5.41, 5.74) is 8.36. The first-order chi connectivity index (χ1) is 10.3. The topological polar surface area (TPSA) is 81.3 Å². The largest absolute Gasteiger partial charge is 0.368 e. The summed E-state index contributed by atoms with van der Waals surface area (Å²) < 4.78 is 0. The number of aromatic amines is 1. The number of H-pyrrole nitrogens is 1. The number of nitrogens with two attached hydrogens (primary N) is 1. The average Bonchev–Trinajstić information content (AvgIpc) is 2.92. The first-order valence-electron chi connectivity index (χ1n) is 6.55. The molecule has 5 heteroatoms. The standard InChI is InChI=1S/C16H15N5/c17-16(18)21(13-6-2-1-3-7-13)20-11-12-10-19-15-9-5-4-8-14(12)15/h1-11,19H,(H3,17,18)/b20-11-. The van der Waals surface area contributed by atoms with Gasteiger partial charge < -0.3 is 10.7 Å². The fourth-order valence-corrected chi connectivity index (χ4v) is 2.16. The number of benzene rings is 2. The van der Waals surface area contributed by atoms with Crippen molar-refractivity contribution in [2.75, 3.05) is 5.01 Å². The molecule has 3 rings (SSSR count). The molecular weight excluding hydrogens is 262 g/mol. The molecule has 0 amide bonds. The molecule has 0 atom stereocenters. The second-order valence-corrected chi connectivity index (χ2v) is 4.57. The molecule has 1 heterocycles. The summed E-state index contributed by atoms with van der Waals surface area (Å²) in [5.74, 6) is -0.128. The van der Waals surface area contributed by atoms with Crippen LogP contribution < -0.4 is 10.7 Å². The smallest absolute Gasteiger partial charge is 0.214 e. The Morgan fingerprint density at radius 3 is 2.57 bits per heavy atom. The lowest BCUT2D eigenvalue weighted by Crippen LogP contribution is -2.32. The second-order valence-electron chi connectivity index (χ2n) is 4.57. The molecule has 104 valence electrons. The van der Waals surface area contributed by atoms with Gasteiger partial charge in [0.2, 0.25) is 5.96 Å². The fraction of sp³-hybridized carbons (Fsp3) is 0. The van der Waals surface area contributed by atoms with E-state index >= 15 is 0 Å². The molecule has 2 aromatic carbocycles. The van der Waals surface area contributed by atoms with E-state index < -0.39 is 0 Å². The summed E-state index contributed by atoms with van der Waals surface area (Å²) in [6, 6.07) is 17.4. The lowest BCUT2D eigenvalue weighted by molar-refractivity contribution is 1.10. The van der Waals surface area contributed by atoms with Crippen molar-refractivity contribution in [3.8, 4) is 0 Å². The molecule has 0 aliphatic carbocycles. The van der Waals surface area contributed by atoms with Crippen LogP contribution in [0.1, 0.15) is 5.56 Å². The van der Waals surface area contributed by atoms with Crippen LogP contribution in [0.3, 0.4) is 0 Å². The minimum atomic E-state index is -0.128. The van der Waals surface area contributed by atoms with E-state index in [9.17, 15) is 0 Å². The number of hydrogen-bond acceptors (Lipinski definition) is 2. The van der Waals surface area contributed by atoms with Gasteiger partial charge in [0.1, 0.15) is 0 Å². The van der Waals surface area contributed by atoms with E-state index in [2.05, 4.69) is 10.1 Å². The van der Waals surface area contributed by atoms with E-state index in [-0.39, 0.29) is 5.96 Å². The number of fused-ring (bicyclic) bond motifs is 1. The lowest BCUT2D eigenvalue weighted by atomic mass is 10.2. The van der Waals surface area contributed by atoms with E-state index in [1.54, 1.807) is 6.21 Å². The quantitative estimate of drug-likeness (QED) is 0.391. The summed E-state index contributed by atoms with van der Waals surface area (Å²) in [4.78, 5) is 3.19. The van der Waals surface area contributed by atoms with Crippen LogP contribution in [0.2, 0.25) is 0 Å². The summed E-state index contributed by atoms with van der Waals surface area (Å²) in [6.45, 7) is 0. The van der Waals surface area contributed by atoms with E-state index in [1.807, 2.05) is 60.8 Å². The Bertz CT molecular complexity index is 789. The van der Waals surface area contributed by atoms with Gasteiger partial charge in [0, 0.05) is 22.7 Å². The molecule has 0 spiro atoms. The molecule has 21 heavy (non-hydrogen) atoms. The third kappa shape index (κ3) is 2.62. The minimum absolute atomic E-state index is 0.128. The normalized spacial score (nSPS) is 11.0. The maximum Gasteiger partial charge on any atom is 0.214 e. The van der Waals surface area contributed by atoms with Crippen LogP contribution in [0.15, 0.2) is 65.9 Å². The van der Waals surface area contributed by atoms with Crippen LogP contribution in [-0.2, 0) is 0 Å². The van der Waals surface area contributed by atoms with E-state index in [0.29, 0.717) is 0 Å². The number of guanidine groups is 1. The maximum absolute atomic E-state index is 7.66. The highest BCUT2D eigenvalue weighted by molar-refractivity contribution is 6.01. The summed E-state index contributed by atoms with van der Waals surface area (Å²) in [6.07, 6.45) is 3.59. The van der Waals surface area contributed by atoms with Gasteiger partial charge in [0.15, 0.2) is 0 Å². The highest BCUT2D eigenvalue weighted by Crippen LogP contribution is 2.17. The van der Waals surface area contributed by atoms with Crippen LogP contribution in [-0.4, -0.2) is 17.2 Å². The molecule has 3 aromatic rings.